The second-order valence-corrected chi connectivity index (χ2v) is 4.95. The third kappa shape index (κ3) is 4.75. The van der Waals surface area contributed by atoms with E-state index < -0.39 is 0 Å². The van der Waals surface area contributed by atoms with Crippen LogP contribution >= 0.6 is 0 Å². The largest absolute Gasteiger partial charge is 0.380 e. The first-order valence-corrected chi connectivity index (χ1v) is 6.63. The number of hydrogen-bond donors (Lipinski definition) is 1. The molecule has 2 nitrogen and oxygen atoms in total. The van der Waals surface area contributed by atoms with Crippen molar-refractivity contribution in [3.63, 3.8) is 0 Å². The fourth-order valence-corrected chi connectivity index (χ4v) is 1.87. The smallest absolute Gasteiger partial charge is 0.123 e. The summed E-state index contributed by atoms with van der Waals surface area (Å²) in [5, 5.41) is 3.50. The molecular formula is C15H24FNO. The lowest BCUT2D eigenvalue weighted by Gasteiger charge is -2.26. The van der Waals surface area contributed by atoms with Crippen LogP contribution in [0.15, 0.2) is 24.3 Å². The predicted molar refractivity (Wildman–Crippen MR) is 73.1 cm³/mol. The van der Waals surface area contributed by atoms with Crippen molar-refractivity contribution < 1.29 is 9.13 Å². The van der Waals surface area contributed by atoms with Gasteiger partial charge in [-0.1, -0.05) is 26.0 Å². The maximum absolute atomic E-state index is 13.2. The Bertz CT molecular complexity index is 354. The van der Waals surface area contributed by atoms with Crippen molar-refractivity contribution in [2.24, 2.45) is 5.92 Å². The van der Waals surface area contributed by atoms with E-state index in [-0.39, 0.29) is 17.9 Å². The van der Waals surface area contributed by atoms with E-state index in [4.69, 9.17) is 4.74 Å². The van der Waals surface area contributed by atoms with Crippen molar-refractivity contribution in [2.75, 3.05) is 13.2 Å². The molecule has 0 aliphatic heterocycles. The standard InChI is InChI=1S/C15H24FNO/c1-5-18-10-15(11(2)3)17-12(4)13-7-6-8-14(16)9-13/h6-9,11-12,15,17H,5,10H2,1-4H3. The number of rotatable bonds is 7. The van der Waals surface area contributed by atoms with Crippen LogP contribution in [-0.2, 0) is 4.74 Å². The molecule has 2 atom stereocenters. The minimum absolute atomic E-state index is 0.119. The van der Waals surface area contributed by atoms with Crippen molar-refractivity contribution >= 4 is 0 Å². The Labute approximate surface area is 110 Å². The van der Waals surface area contributed by atoms with Crippen LogP contribution in [0.3, 0.4) is 0 Å². The van der Waals surface area contributed by atoms with Crippen molar-refractivity contribution in [1.82, 2.24) is 5.32 Å². The highest BCUT2D eigenvalue weighted by Gasteiger charge is 2.17. The molecule has 0 fully saturated rings. The maximum atomic E-state index is 13.2. The van der Waals surface area contributed by atoms with E-state index in [2.05, 4.69) is 26.1 Å². The Morgan fingerprint density at radius 3 is 2.56 bits per heavy atom. The Balaban J connectivity index is 2.63. The van der Waals surface area contributed by atoms with Crippen molar-refractivity contribution in [1.29, 1.82) is 0 Å². The minimum Gasteiger partial charge on any atom is -0.380 e. The van der Waals surface area contributed by atoms with Crippen LogP contribution < -0.4 is 5.32 Å². The first kappa shape index (κ1) is 15.1. The van der Waals surface area contributed by atoms with Crippen LogP contribution in [0, 0.1) is 11.7 Å². The van der Waals surface area contributed by atoms with Crippen LogP contribution in [0.5, 0.6) is 0 Å². The Kier molecular flexibility index (Phi) is 6.30. The lowest BCUT2D eigenvalue weighted by molar-refractivity contribution is 0.104. The summed E-state index contributed by atoms with van der Waals surface area (Å²) in [5.74, 6) is 0.291. The van der Waals surface area contributed by atoms with Crippen LogP contribution in [0.1, 0.15) is 39.3 Å². The van der Waals surface area contributed by atoms with Gasteiger partial charge in [-0.25, -0.2) is 4.39 Å². The van der Waals surface area contributed by atoms with Crippen LogP contribution in [0.4, 0.5) is 4.39 Å². The van der Waals surface area contributed by atoms with Gasteiger partial charge in [-0.05, 0) is 37.5 Å². The van der Waals surface area contributed by atoms with Gasteiger partial charge >= 0.3 is 0 Å². The average molecular weight is 253 g/mol. The molecule has 0 aromatic heterocycles. The number of nitrogens with one attached hydrogen (secondary N) is 1. The summed E-state index contributed by atoms with van der Waals surface area (Å²) in [4.78, 5) is 0. The topological polar surface area (TPSA) is 21.3 Å². The number of hydrogen-bond acceptors (Lipinski definition) is 2. The molecule has 1 rings (SSSR count). The molecule has 0 aliphatic rings. The molecule has 0 spiro atoms. The summed E-state index contributed by atoms with van der Waals surface area (Å²) in [6.07, 6.45) is 0. The summed E-state index contributed by atoms with van der Waals surface area (Å²) in [6, 6.07) is 7.14. The monoisotopic (exact) mass is 253 g/mol. The lowest BCUT2D eigenvalue weighted by atomic mass is 10.0. The molecule has 1 N–H and O–H groups in total. The lowest BCUT2D eigenvalue weighted by Crippen LogP contribution is -2.39. The summed E-state index contributed by atoms with van der Waals surface area (Å²) in [5.41, 5.74) is 0.970. The van der Waals surface area contributed by atoms with Gasteiger partial charge in [0.05, 0.1) is 6.61 Å². The van der Waals surface area contributed by atoms with Gasteiger partial charge < -0.3 is 10.1 Å². The third-order valence-corrected chi connectivity index (χ3v) is 3.12. The van der Waals surface area contributed by atoms with Crippen molar-refractivity contribution in [3.05, 3.63) is 35.6 Å². The van der Waals surface area contributed by atoms with Crippen molar-refractivity contribution in [2.45, 2.75) is 39.8 Å². The Morgan fingerprint density at radius 2 is 2.00 bits per heavy atom. The zero-order valence-electron chi connectivity index (χ0n) is 11.7. The molecular weight excluding hydrogens is 229 g/mol. The van der Waals surface area contributed by atoms with Gasteiger partial charge in [0, 0.05) is 18.7 Å². The quantitative estimate of drug-likeness (QED) is 0.802. The number of ether oxygens (including phenoxy) is 1. The van der Waals surface area contributed by atoms with Gasteiger partial charge in [-0.15, -0.1) is 0 Å². The second kappa shape index (κ2) is 7.49. The van der Waals surface area contributed by atoms with Gasteiger partial charge in [0.1, 0.15) is 5.82 Å². The van der Waals surface area contributed by atoms with Crippen LogP contribution in [0.25, 0.3) is 0 Å². The molecule has 102 valence electrons. The van der Waals surface area contributed by atoms with E-state index in [0.29, 0.717) is 12.5 Å². The zero-order valence-corrected chi connectivity index (χ0v) is 11.7. The van der Waals surface area contributed by atoms with Crippen molar-refractivity contribution in [3.8, 4) is 0 Å². The summed E-state index contributed by atoms with van der Waals surface area (Å²) in [6.45, 7) is 9.78. The molecule has 1 aromatic carbocycles. The minimum atomic E-state index is -0.188. The molecule has 0 saturated heterocycles. The molecule has 0 amide bonds. The normalized spacial score (nSPS) is 14.8. The van der Waals surface area contributed by atoms with Gasteiger partial charge in [0.2, 0.25) is 0 Å². The highest BCUT2D eigenvalue weighted by atomic mass is 19.1. The molecule has 0 bridgehead atoms. The molecule has 0 saturated carbocycles. The first-order valence-electron chi connectivity index (χ1n) is 6.63. The molecule has 1 aromatic rings. The average Bonchev–Trinajstić information content (AvgIpc) is 2.33. The van der Waals surface area contributed by atoms with E-state index in [1.165, 1.54) is 6.07 Å². The van der Waals surface area contributed by atoms with Crippen LogP contribution in [0.2, 0.25) is 0 Å². The van der Waals surface area contributed by atoms with E-state index >= 15 is 0 Å². The van der Waals surface area contributed by atoms with E-state index in [9.17, 15) is 4.39 Å². The summed E-state index contributed by atoms with van der Waals surface area (Å²) >= 11 is 0. The molecule has 0 radical (unpaired) electrons. The molecule has 18 heavy (non-hydrogen) atoms. The fraction of sp³-hybridized carbons (Fsp3) is 0.600. The molecule has 2 unspecified atom stereocenters. The third-order valence-electron chi connectivity index (χ3n) is 3.12. The van der Waals surface area contributed by atoms with Gasteiger partial charge in [0.15, 0.2) is 0 Å². The molecule has 0 aliphatic carbocycles. The molecule has 0 heterocycles. The fourth-order valence-electron chi connectivity index (χ4n) is 1.87. The highest BCUT2D eigenvalue weighted by molar-refractivity contribution is 5.19. The van der Waals surface area contributed by atoms with Gasteiger partial charge in [0.25, 0.3) is 0 Å². The SMILES string of the molecule is CCOCC(NC(C)c1cccc(F)c1)C(C)C. The Morgan fingerprint density at radius 1 is 1.28 bits per heavy atom. The summed E-state index contributed by atoms with van der Waals surface area (Å²) < 4.78 is 18.7. The van der Waals surface area contributed by atoms with E-state index in [1.54, 1.807) is 12.1 Å². The highest BCUT2D eigenvalue weighted by Crippen LogP contribution is 2.16. The van der Waals surface area contributed by atoms with Gasteiger partial charge in [-0.2, -0.15) is 0 Å². The first-order chi connectivity index (χ1) is 8.54. The second-order valence-electron chi connectivity index (χ2n) is 4.95. The number of benzene rings is 1. The van der Waals surface area contributed by atoms with E-state index in [1.807, 2.05) is 13.0 Å². The summed E-state index contributed by atoms with van der Waals surface area (Å²) in [7, 11) is 0. The zero-order chi connectivity index (χ0) is 13.5. The Hall–Kier alpha value is -0.930. The predicted octanol–water partition coefficient (Wildman–Crippen LogP) is 3.54. The van der Waals surface area contributed by atoms with E-state index in [0.717, 1.165) is 12.2 Å². The van der Waals surface area contributed by atoms with Crippen LogP contribution in [-0.4, -0.2) is 19.3 Å². The maximum Gasteiger partial charge on any atom is 0.123 e. The molecule has 3 heteroatoms. The number of halogens is 1. The van der Waals surface area contributed by atoms with Gasteiger partial charge in [-0.3, -0.25) is 0 Å².